The number of amides is 2. The minimum atomic E-state index is -5.02. The smallest absolute Gasteiger partial charge is 0.361 e. The SMILES string of the molecule is CN(C)c1nc(N2CCCCC2)ncc1NC(=O)Nc1cc(C(F)(F)F)cc(C(F)(F)F)c1. The maximum atomic E-state index is 13.0. The number of nitrogens with zero attached hydrogens (tertiary/aromatic N) is 4. The molecule has 2 N–H and O–H groups in total. The number of aromatic nitrogens is 2. The van der Waals surface area contributed by atoms with Crippen molar-refractivity contribution in [3.63, 3.8) is 0 Å². The zero-order valence-corrected chi connectivity index (χ0v) is 17.8. The molecule has 2 amide bonds. The predicted molar refractivity (Wildman–Crippen MR) is 112 cm³/mol. The zero-order valence-electron chi connectivity index (χ0n) is 17.8. The number of alkyl halides is 6. The largest absolute Gasteiger partial charge is 0.416 e. The second kappa shape index (κ2) is 9.32. The van der Waals surface area contributed by atoms with Crippen molar-refractivity contribution in [2.45, 2.75) is 31.6 Å². The third-order valence-corrected chi connectivity index (χ3v) is 4.91. The number of hydrogen-bond acceptors (Lipinski definition) is 5. The molecule has 1 aromatic heterocycles. The molecule has 1 saturated heterocycles. The maximum Gasteiger partial charge on any atom is 0.416 e. The molecule has 0 spiro atoms. The first-order valence-corrected chi connectivity index (χ1v) is 10.0. The summed E-state index contributed by atoms with van der Waals surface area (Å²) in [4.78, 5) is 24.7. The number of hydrogen-bond donors (Lipinski definition) is 2. The number of nitrogens with one attached hydrogen (secondary N) is 2. The Morgan fingerprint density at radius 3 is 2.03 bits per heavy atom. The van der Waals surface area contributed by atoms with E-state index in [1.165, 1.54) is 6.20 Å². The van der Waals surface area contributed by atoms with Crippen molar-refractivity contribution in [2.75, 3.05) is 47.6 Å². The summed E-state index contributed by atoms with van der Waals surface area (Å²) in [5, 5.41) is 4.41. The van der Waals surface area contributed by atoms with E-state index in [0.29, 0.717) is 23.9 Å². The summed E-state index contributed by atoms with van der Waals surface area (Å²) >= 11 is 0. The van der Waals surface area contributed by atoms with Crippen LogP contribution in [0.5, 0.6) is 0 Å². The fourth-order valence-electron chi connectivity index (χ4n) is 3.35. The van der Waals surface area contributed by atoms with Crippen molar-refractivity contribution in [2.24, 2.45) is 0 Å². The molecule has 2 aromatic rings. The van der Waals surface area contributed by atoms with Crippen LogP contribution in [0.4, 0.5) is 54.3 Å². The van der Waals surface area contributed by atoms with Crippen LogP contribution in [-0.2, 0) is 12.4 Å². The van der Waals surface area contributed by atoms with Gasteiger partial charge in [0.15, 0.2) is 5.82 Å². The van der Waals surface area contributed by atoms with Crippen LogP contribution in [0.15, 0.2) is 24.4 Å². The molecule has 1 fully saturated rings. The fraction of sp³-hybridized carbons (Fsp3) is 0.450. The second-order valence-corrected chi connectivity index (χ2v) is 7.72. The van der Waals surface area contributed by atoms with E-state index in [-0.39, 0.29) is 11.8 Å². The molecule has 1 aliphatic heterocycles. The number of piperidine rings is 1. The minimum Gasteiger partial charge on any atom is -0.361 e. The van der Waals surface area contributed by atoms with Crippen LogP contribution in [-0.4, -0.2) is 43.2 Å². The van der Waals surface area contributed by atoms with Crippen LogP contribution in [0, 0.1) is 0 Å². The van der Waals surface area contributed by atoms with Gasteiger partial charge in [0.1, 0.15) is 5.69 Å². The van der Waals surface area contributed by atoms with Crippen molar-refractivity contribution < 1.29 is 31.1 Å². The lowest BCUT2D eigenvalue weighted by atomic mass is 10.1. The van der Waals surface area contributed by atoms with Crippen LogP contribution >= 0.6 is 0 Å². The molecule has 1 aliphatic rings. The molecule has 0 bridgehead atoms. The summed E-state index contributed by atoms with van der Waals surface area (Å²) in [6.45, 7) is 1.58. The molecule has 0 saturated carbocycles. The van der Waals surface area contributed by atoms with Gasteiger partial charge in [-0.15, -0.1) is 0 Å². The first kappa shape index (κ1) is 24.4. The van der Waals surface area contributed by atoms with Crippen molar-refractivity contribution in [1.82, 2.24) is 9.97 Å². The van der Waals surface area contributed by atoms with Crippen LogP contribution in [0.3, 0.4) is 0 Å². The van der Waals surface area contributed by atoms with Crippen molar-refractivity contribution in [3.8, 4) is 0 Å². The average molecular weight is 476 g/mol. The highest BCUT2D eigenvalue weighted by atomic mass is 19.4. The number of rotatable bonds is 4. The Bertz CT molecular complexity index is 969. The van der Waals surface area contributed by atoms with E-state index in [1.54, 1.807) is 19.0 Å². The molecule has 2 heterocycles. The molecular weight excluding hydrogens is 454 g/mol. The third-order valence-electron chi connectivity index (χ3n) is 4.91. The summed E-state index contributed by atoms with van der Waals surface area (Å²) < 4.78 is 78.2. The average Bonchev–Trinajstić information content (AvgIpc) is 2.73. The van der Waals surface area contributed by atoms with E-state index in [2.05, 4.69) is 15.3 Å². The third kappa shape index (κ3) is 6.17. The molecule has 0 aliphatic carbocycles. The van der Waals surface area contributed by atoms with Crippen molar-refractivity contribution in [1.29, 1.82) is 0 Å². The van der Waals surface area contributed by atoms with Crippen LogP contribution < -0.4 is 20.4 Å². The summed E-state index contributed by atoms with van der Waals surface area (Å²) in [7, 11) is 3.35. The maximum absolute atomic E-state index is 13.0. The Hall–Kier alpha value is -3.25. The predicted octanol–water partition coefficient (Wildman–Crippen LogP) is 5.21. The number of urea groups is 1. The quantitative estimate of drug-likeness (QED) is 0.593. The van der Waals surface area contributed by atoms with Gasteiger partial charge in [-0.2, -0.15) is 31.3 Å². The van der Waals surface area contributed by atoms with Gasteiger partial charge in [0.25, 0.3) is 0 Å². The van der Waals surface area contributed by atoms with Gasteiger partial charge in [-0.3, -0.25) is 0 Å². The molecule has 1 aromatic carbocycles. The monoisotopic (exact) mass is 476 g/mol. The first-order valence-electron chi connectivity index (χ1n) is 10.0. The molecule has 7 nitrogen and oxygen atoms in total. The highest BCUT2D eigenvalue weighted by Crippen LogP contribution is 2.37. The molecule has 0 radical (unpaired) electrons. The topological polar surface area (TPSA) is 73.4 Å². The van der Waals surface area contributed by atoms with Crippen LogP contribution in [0.25, 0.3) is 0 Å². The number of halogens is 6. The molecule has 3 rings (SSSR count). The molecule has 33 heavy (non-hydrogen) atoms. The fourth-order valence-corrected chi connectivity index (χ4v) is 3.35. The number of benzene rings is 1. The number of carbonyl (C=O) groups is 1. The van der Waals surface area contributed by atoms with E-state index in [9.17, 15) is 31.1 Å². The molecule has 13 heteroatoms. The summed E-state index contributed by atoms with van der Waals surface area (Å²) in [6.07, 6.45) is -5.59. The Morgan fingerprint density at radius 1 is 0.939 bits per heavy atom. The number of anilines is 4. The lowest BCUT2D eigenvalue weighted by Gasteiger charge is -2.28. The normalized spacial score (nSPS) is 14.7. The highest BCUT2D eigenvalue weighted by molar-refractivity contribution is 6.01. The lowest BCUT2D eigenvalue weighted by molar-refractivity contribution is -0.143. The zero-order chi connectivity index (χ0) is 24.4. The Kier molecular flexibility index (Phi) is 6.89. The summed E-state index contributed by atoms with van der Waals surface area (Å²) in [5.41, 5.74) is -3.58. The Morgan fingerprint density at radius 2 is 1.52 bits per heavy atom. The van der Waals surface area contributed by atoms with Crippen molar-refractivity contribution in [3.05, 3.63) is 35.5 Å². The van der Waals surface area contributed by atoms with Gasteiger partial charge in [0, 0.05) is 32.9 Å². The van der Waals surface area contributed by atoms with Crippen LogP contribution in [0.2, 0.25) is 0 Å². The van der Waals surface area contributed by atoms with Gasteiger partial charge < -0.3 is 20.4 Å². The van der Waals surface area contributed by atoms with Gasteiger partial charge in [-0.05, 0) is 37.5 Å². The highest BCUT2D eigenvalue weighted by Gasteiger charge is 2.37. The van der Waals surface area contributed by atoms with Gasteiger partial charge in [0.05, 0.1) is 17.3 Å². The Labute approximate surface area is 185 Å². The van der Waals surface area contributed by atoms with Gasteiger partial charge in [-0.1, -0.05) is 0 Å². The van der Waals surface area contributed by atoms with Crippen LogP contribution in [0.1, 0.15) is 30.4 Å². The summed E-state index contributed by atoms with van der Waals surface area (Å²) in [6, 6.07) is -0.199. The summed E-state index contributed by atoms with van der Waals surface area (Å²) in [5.74, 6) is 0.804. The van der Waals surface area contributed by atoms with E-state index in [1.807, 2.05) is 10.2 Å². The first-order chi connectivity index (χ1) is 15.3. The molecule has 0 unspecified atom stereocenters. The lowest BCUT2D eigenvalue weighted by Crippen LogP contribution is -2.31. The van der Waals surface area contributed by atoms with E-state index >= 15 is 0 Å². The number of carbonyl (C=O) groups excluding carboxylic acids is 1. The standard InChI is InChI=1S/C20H22F6N6O/c1-31(2)16-15(11-27-17(30-16)32-6-4-3-5-7-32)29-18(33)28-14-9-12(19(21,22)23)8-13(10-14)20(24,25)26/h8-11H,3-7H2,1-2H3,(H2,28,29,33). The minimum absolute atomic E-state index is 0.0135. The van der Waals surface area contributed by atoms with Gasteiger partial charge >= 0.3 is 18.4 Å². The Balaban J connectivity index is 1.83. The molecule has 180 valence electrons. The van der Waals surface area contributed by atoms with E-state index < -0.39 is 35.2 Å². The van der Waals surface area contributed by atoms with E-state index in [0.717, 1.165) is 32.4 Å². The van der Waals surface area contributed by atoms with Gasteiger partial charge in [-0.25, -0.2) is 9.78 Å². The second-order valence-electron chi connectivity index (χ2n) is 7.72. The molecular formula is C20H22F6N6O. The van der Waals surface area contributed by atoms with Crippen molar-refractivity contribution >= 4 is 29.2 Å². The molecule has 0 atom stereocenters. The van der Waals surface area contributed by atoms with E-state index in [4.69, 9.17) is 0 Å². The van der Waals surface area contributed by atoms with Gasteiger partial charge in [0.2, 0.25) is 5.95 Å².